The minimum atomic E-state index is 0.294. The maximum absolute atomic E-state index is 10.9. The molecule has 17 heavy (non-hydrogen) atoms. The molecule has 2 aromatic rings. The van der Waals surface area contributed by atoms with E-state index in [1.165, 1.54) is 4.68 Å². The van der Waals surface area contributed by atoms with Gasteiger partial charge in [0.05, 0.1) is 18.4 Å². The van der Waals surface area contributed by atoms with Crippen molar-refractivity contribution in [2.75, 3.05) is 7.11 Å². The highest BCUT2D eigenvalue weighted by Gasteiger charge is 2.16. The third-order valence-corrected chi connectivity index (χ3v) is 2.84. The number of carbonyl (C=O) groups excluding carboxylic acids is 1. The minimum Gasteiger partial charge on any atom is -0.494 e. The Morgan fingerprint density at radius 2 is 2.12 bits per heavy atom. The van der Waals surface area contributed by atoms with Crippen LogP contribution in [0, 0.1) is 6.92 Å². The predicted octanol–water partition coefficient (Wildman–Crippen LogP) is 2.66. The number of aldehydes is 1. The van der Waals surface area contributed by atoms with Crippen molar-refractivity contribution in [3.8, 4) is 11.4 Å². The SMILES string of the molecule is COc1ccccc1-n1nc(C)c(C=O)c1Cl. The van der Waals surface area contributed by atoms with Crippen LogP contribution >= 0.6 is 11.6 Å². The van der Waals surface area contributed by atoms with Crippen molar-refractivity contribution in [1.29, 1.82) is 0 Å². The molecule has 5 heteroatoms. The summed E-state index contributed by atoms with van der Waals surface area (Å²) < 4.78 is 6.73. The highest BCUT2D eigenvalue weighted by Crippen LogP contribution is 2.27. The number of hydrogen-bond donors (Lipinski definition) is 0. The number of aromatic nitrogens is 2. The fourth-order valence-electron chi connectivity index (χ4n) is 1.61. The zero-order chi connectivity index (χ0) is 12.4. The van der Waals surface area contributed by atoms with Gasteiger partial charge in [-0.15, -0.1) is 0 Å². The first-order valence-electron chi connectivity index (χ1n) is 5.02. The quantitative estimate of drug-likeness (QED) is 0.787. The third-order valence-electron chi connectivity index (χ3n) is 2.48. The summed E-state index contributed by atoms with van der Waals surface area (Å²) in [6, 6.07) is 7.34. The van der Waals surface area contributed by atoms with Crippen LogP contribution in [-0.2, 0) is 0 Å². The highest BCUT2D eigenvalue weighted by atomic mass is 35.5. The molecule has 0 radical (unpaired) electrons. The fraction of sp³-hybridized carbons (Fsp3) is 0.167. The molecular formula is C12H11ClN2O2. The molecule has 0 aliphatic rings. The monoisotopic (exact) mass is 250 g/mol. The molecule has 1 aromatic heterocycles. The van der Waals surface area contributed by atoms with Gasteiger partial charge < -0.3 is 4.74 Å². The molecule has 2 rings (SSSR count). The van der Waals surface area contributed by atoms with Crippen LogP contribution in [0.4, 0.5) is 0 Å². The maximum atomic E-state index is 10.9. The summed E-state index contributed by atoms with van der Waals surface area (Å²) in [5.74, 6) is 0.648. The Bertz CT molecular complexity index is 564. The van der Waals surface area contributed by atoms with E-state index in [1.54, 1.807) is 14.0 Å². The second kappa shape index (κ2) is 4.59. The van der Waals surface area contributed by atoms with Crippen molar-refractivity contribution in [3.63, 3.8) is 0 Å². The molecule has 0 atom stereocenters. The Hall–Kier alpha value is -1.81. The molecule has 0 saturated carbocycles. The van der Waals surface area contributed by atoms with Crippen LogP contribution in [0.2, 0.25) is 5.15 Å². The smallest absolute Gasteiger partial charge is 0.155 e. The maximum Gasteiger partial charge on any atom is 0.155 e. The molecule has 0 aliphatic carbocycles. The number of carbonyl (C=O) groups is 1. The van der Waals surface area contributed by atoms with Gasteiger partial charge in [-0.1, -0.05) is 23.7 Å². The van der Waals surface area contributed by atoms with E-state index in [2.05, 4.69) is 5.10 Å². The van der Waals surface area contributed by atoms with Crippen LogP contribution in [0.1, 0.15) is 16.1 Å². The molecule has 0 spiro atoms. The molecule has 1 heterocycles. The van der Waals surface area contributed by atoms with Crippen molar-refractivity contribution in [2.45, 2.75) is 6.92 Å². The number of rotatable bonds is 3. The van der Waals surface area contributed by atoms with E-state index < -0.39 is 0 Å². The molecule has 0 amide bonds. The van der Waals surface area contributed by atoms with Crippen LogP contribution < -0.4 is 4.74 Å². The number of para-hydroxylation sites is 2. The second-order valence-electron chi connectivity index (χ2n) is 3.49. The van der Waals surface area contributed by atoms with Crippen molar-refractivity contribution in [3.05, 3.63) is 40.7 Å². The molecule has 88 valence electrons. The Kier molecular flexibility index (Phi) is 3.15. The van der Waals surface area contributed by atoms with Gasteiger partial charge in [-0.25, -0.2) is 4.68 Å². The van der Waals surface area contributed by atoms with Gasteiger partial charge in [0.1, 0.15) is 16.6 Å². The van der Waals surface area contributed by atoms with Gasteiger partial charge in [-0.2, -0.15) is 5.10 Å². The Balaban J connectivity index is 2.64. The summed E-state index contributed by atoms with van der Waals surface area (Å²) >= 11 is 6.11. The van der Waals surface area contributed by atoms with E-state index >= 15 is 0 Å². The molecule has 4 nitrogen and oxygen atoms in total. The summed E-state index contributed by atoms with van der Waals surface area (Å²) in [5, 5.41) is 4.53. The van der Waals surface area contributed by atoms with Crippen LogP contribution in [0.25, 0.3) is 5.69 Å². The number of aryl methyl sites for hydroxylation is 1. The number of nitrogens with zero attached hydrogens (tertiary/aromatic N) is 2. The van der Waals surface area contributed by atoms with Crippen molar-refractivity contribution in [1.82, 2.24) is 9.78 Å². The van der Waals surface area contributed by atoms with Gasteiger partial charge in [0.25, 0.3) is 0 Å². The number of methoxy groups -OCH3 is 1. The highest BCUT2D eigenvalue weighted by molar-refractivity contribution is 6.32. The molecular weight excluding hydrogens is 240 g/mol. The standard InChI is InChI=1S/C12H11ClN2O2/c1-8-9(7-16)12(13)15(14-8)10-5-3-4-6-11(10)17-2/h3-7H,1-2H3. The summed E-state index contributed by atoms with van der Waals surface area (Å²) in [5.41, 5.74) is 1.70. The van der Waals surface area contributed by atoms with Crippen molar-refractivity contribution >= 4 is 17.9 Å². The lowest BCUT2D eigenvalue weighted by Crippen LogP contribution is -2.00. The summed E-state index contributed by atoms with van der Waals surface area (Å²) in [6.45, 7) is 1.74. The van der Waals surface area contributed by atoms with E-state index in [1.807, 2.05) is 24.3 Å². The van der Waals surface area contributed by atoms with Gasteiger partial charge >= 0.3 is 0 Å². The largest absolute Gasteiger partial charge is 0.494 e. The van der Waals surface area contributed by atoms with Gasteiger partial charge in [0.2, 0.25) is 0 Å². The van der Waals surface area contributed by atoms with E-state index in [4.69, 9.17) is 16.3 Å². The molecule has 0 aliphatic heterocycles. The second-order valence-corrected chi connectivity index (χ2v) is 3.85. The first-order valence-corrected chi connectivity index (χ1v) is 5.40. The van der Waals surface area contributed by atoms with Crippen molar-refractivity contribution < 1.29 is 9.53 Å². The topological polar surface area (TPSA) is 44.1 Å². The molecule has 0 fully saturated rings. The lowest BCUT2D eigenvalue weighted by Gasteiger charge is -2.08. The van der Waals surface area contributed by atoms with E-state index in [-0.39, 0.29) is 0 Å². The van der Waals surface area contributed by atoms with Gasteiger partial charge in [-0.05, 0) is 19.1 Å². The van der Waals surface area contributed by atoms with E-state index in [0.29, 0.717) is 34.1 Å². The molecule has 0 N–H and O–H groups in total. The molecule has 0 bridgehead atoms. The molecule has 0 unspecified atom stereocenters. The van der Waals surface area contributed by atoms with E-state index in [0.717, 1.165) is 0 Å². The summed E-state index contributed by atoms with van der Waals surface area (Å²) in [4.78, 5) is 10.9. The first-order chi connectivity index (χ1) is 8.19. The zero-order valence-electron chi connectivity index (χ0n) is 9.48. The number of ether oxygens (including phenoxy) is 1. The summed E-state index contributed by atoms with van der Waals surface area (Å²) in [7, 11) is 1.57. The zero-order valence-corrected chi connectivity index (χ0v) is 10.2. The van der Waals surface area contributed by atoms with Gasteiger partial charge in [0.15, 0.2) is 6.29 Å². The third kappa shape index (κ3) is 1.91. The summed E-state index contributed by atoms with van der Waals surface area (Å²) in [6.07, 6.45) is 0.705. The lowest BCUT2D eigenvalue weighted by atomic mass is 10.3. The minimum absolute atomic E-state index is 0.294. The molecule has 0 saturated heterocycles. The predicted molar refractivity (Wildman–Crippen MR) is 65.3 cm³/mol. The first kappa shape index (κ1) is 11.7. The average molecular weight is 251 g/mol. The Labute approximate surface area is 104 Å². The number of hydrogen-bond acceptors (Lipinski definition) is 3. The molecule has 1 aromatic carbocycles. The normalized spacial score (nSPS) is 10.3. The van der Waals surface area contributed by atoms with E-state index in [9.17, 15) is 4.79 Å². The number of benzene rings is 1. The van der Waals surface area contributed by atoms with Gasteiger partial charge in [0, 0.05) is 0 Å². The van der Waals surface area contributed by atoms with Crippen LogP contribution in [0.5, 0.6) is 5.75 Å². The van der Waals surface area contributed by atoms with Crippen LogP contribution in [0.3, 0.4) is 0 Å². The van der Waals surface area contributed by atoms with Crippen molar-refractivity contribution in [2.24, 2.45) is 0 Å². The number of halogens is 1. The average Bonchev–Trinajstić information content (AvgIpc) is 2.64. The Morgan fingerprint density at radius 3 is 2.71 bits per heavy atom. The van der Waals surface area contributed by atoms with Crippen LogP contribution in [0.15, 0.2) is 24.3 Å². The Morgan fingerprint density at radius 1 is 1.41 bits per heavy atom. The van der Waals surface area contributed by atoms with Gasteiger partial charge in [-0.3, -0.25) is 4.79 Å². The lowest BCUT2D eigenvalue weighted by molar-refractivity contribution is 0.112. The van der Waals surface area contributed by atoms with Crippen LogP contribution in [-0.4, -0.2) is 23.2 Å². The fourth-order valence-corrected chi connectivity index (χ4v) is 1.92.